The van der Waals surface area contributed by atoms with Gasteiger partial charge >= 0.3 is 6.03 Å². The first-order chi connectivity index (χ1) is 20.3. The number of β-amino-alcohol motifs (C(OH)–C–C–N with tert-alkyl or cyclic N) is 1. The normalized spacial score (nSPS) is 17.4. The molecule has 2 fully saturated rings. The van der Waals surface area contributed by atoms with Crippen LogP contribution in [0.3, 0.4) is 0 Å². The number of urea groups is 1. The summed E-state index contributed by atoms with van der Waals surface area (Å²) in [5.74, 6) is 2.11. The van der Waals surface area contributed by atoms with E-state index in [1.807, 2.05) is 24.3 Å². The molecule has 12 heteroatoms. The fourth-order valence-corrected chi connectivity index (χ4v) is 4.56. The number of amides is 2. The summed E-state index contributed by atoms with van der Waals surface area (Å²) in [5, 5.41) is 19.0. The Bertz CT molecular complexity index is 1340. The average molecular weight is 619 g/mol. The number of methoxy groups -OCH3 is 1. The standard InChI is InChI=1S/C30H33Cl2N3O7/c1-38-23-8-2-19(3-9-23)16-39-28-13-29(27(12-26(28)32)34-30(37)33-21-6-7-21)40-17-22(36)14-35-15-25(18-41-35)42-24-10-4-20(31)5-11-24/h2-5,8-13,21-22,25,36H,6-7,14-18H2,1H3,(H2,33,34,37)/t22-,25+/m0/s1. The molecule has 0 aromatic heterocycles. The van der Waals surface area contributed by atoms with Crippen LogP contribution in [0.2, 0.25) is 10.0 Å². The first-order valence-electron chi connectivity index (χ1n) is 13.6. The largest absolute Gasteiger partial charge is 0.497 e. The molecule has 0 spiro atoms. The van der Waals surface area contributed by atoms with E-state index in [1.54, 1.807) is 48.6 Å². The van der Waals surface area contributed by atoms with Gasteiger partial charge in [0.1, 0.15) is 55.0 Å². The van der Waals surface area contributed by atoms with Gasteiger partial charge in [-0.05, 0) is 60.9 Å². The highest BCUT2D eigenvalue weighted by molar-refractivity contribution is 6.32. The van der Waals surface area contributed by atoms with Gasteiger partial charge in [-0.15, -0.1) is 0 Å². The van der Waals surface area contributed by atoms with E-state index in [1.165, 1.54) is 0 Å². The summed E-state index contributed by atoms with van der Waals surface area (Å²) in [6, 6.07) is 17.6. The maximum atomic E-state index is 12.5. The van der Waals surface area contributed by atoms with Crippen molar-refractivity contribution >= 4 is 34.9 Å². The Kier molecular flexibility index (Phi) is 10.1. The molecule has 2 aliphatic rings. The molecule has 1 aliphatic heterocycles. The summed E-state index contributed by atoms with van der Waals surface area (Å²) in [7, 11) is 1.61. The fraction of sp³-hybridized carbons (Fsp3) is 0.367. The maximum absolute atomic E-state index is 12.5. The minimum Gasteiger partial charge on any atom is -0.497 e. The van der Waals surface area contributed by atoms with Crippen molar-refractivity contribution in [3.8, 4) is 23.0 Å². The van der Waals surface area contributed by atoms with Crippen molar-refractivity contribution in [1.82, 2.24) is 10.4 Å². The van der Waals surface area contributed by atoms with Crippen LogP contribution >= 0.6 is 23.2 Å². The van der Waals surface area contributed by atoms with Crippen LogP contribution in [0, 0.1) is 0 Å². The summed E-state index contributed by atoms with van der Waals surface area (Å²) in [5.41, 5.74) is 1.27. The van der Waals surface area contributed by atoms with Gasteiger partial charge < -0.3 is 34.7 Å². The summed E-state index contributed by atoms with van der Waals surface area (Å²) < 4.78 is 23.1. The Morgan fingerprint density at radius 2 is 1.79 bits per heavy atom. The Morgan fingerprint density at radius 3 is 2.50 bits per heavy atom. The maximum Gasteiger partial charge on any atom is 0.319 e. The molecule has 1 saturated heterocycles. The van der Waals surface area contributed by atoms with Crippen molar-refractivity contribution in [2.45, 2.75) is 37.7 Å². The molecule has 3 N–H and O–H groups in total. The molecule has 3 aromatic carbocycles. The van der Waals surface area contributed by atoms with E-state index in [9.17, 15) is 9.90 Å². The van der Waals surface area contributed by atoms with Crippen LogP contribution in [-0.2, 0) is 11.4 Å². The Balaban J connectivity index is 1.18. The van der Waals surface area contributed by atoms with Crippen LogP contribution in [0.5, 0.6) is 23.0 Å². The van der Waals surface area contributed by atoms with Crippen LogP contribution in [0.1, 0.15) is 18.4 Å². The Hall–Kier alpha value is -3.41. The van der Waals surface area contributed by atoms with Gasteiger partial charge in [-0.2, -0.15) is 5.06 Å². The highest BCUT2D eigenvalue weighted by Gasteiger charge is 2.28. The Morgan fingerprint density at radius 1 is 1.05 bits per heavy atom. The molecule has 1 aliphatic carbocycles. The summed E-state index contributed by atoms with van der Waals surface area (Å²) in [4.78, 5) is 18.2. The number of benzene rings is 3. The van der Waals surface area contributed by atoms with Gasteiger partial charge in [-0.25, -0.2) is 4.79 Å². The number of halogens is 2. The van der Waals surface area contributed by atoms with Gasteiger partial charge in [-0.1, -0.05) is 35.3 Å². The second-order valence-electron chi connectivity index (χ2n) is 10.1. The number of hydrogen-bond donors (Lipinski definition) is 3. The van der Waals surface area contributed by atoms with E-state index in [4.69, 9.17) is 47.0 Å². The number of carbonyl (C=O) groups excluding carboxylic acids is 1. The SMILES string of the molecule is COc1ccc(COc2cc(OC[C@@H](O)CN3C[C@@H](Oc4ccc(Cl)cc4)CO3)c(NC(=O)NC3CC3)cc2Cl)cc1. The predicted molar refractivity (Wildman–Crippen MR) is 159 cm³/mol. The quantitative estimate of drug-likeness (QED) is 0.237. The van der Waals surface area contributed by atoms with E-state index in [2.05, 4.69) is 10.6 Å². The van der Waals surface area contributed by atoms with E-state index in [-0.39, 0.29) is 37.9 Å². The van der Waals surface area contributed by atoms with Gasteiger partial charge in [0.2, 0.25) is 0 Å². The third-order valence-corrected chi connectivity index (χ3v) is 7.11. The lowest BCUT2D eigenvalue weighted by atomic mass is 10.2. The van der Waals surface area contributed by atoms with Crippen molar-refractivity contribution in [2.24, 2.45) is 0 Å². The summed E-state index contributed by atoms with van der Waals surface area (Å²) in [6.45, 7) is 1.21. The first-order valence-corrected chi connectivity index (χ1v) is 14.4. The molecule has 5 rings (SSSR count). The average Bonchev–Trinajstić information content (AvgIpc) is 3.69. The van der Waals surface area contributed by atoms with Gasteiger partial charge in [0.05, 0.1) is 30.9 Å². The van der Waals surface area contributed by atoms with Crippen LogP contribution in [-0.4, -0.2) is 67.9 Å². The van der Waals surface area contributed by atoms with Crippen LogP contribution < -0.4 is 29.6 Å². The summed E-state index contributed by atoms with van der Waals surface area (Å²) in [6.07, 6.45) is 0.812. The third-order valence-electron chi connectivity index (χ3n) is 6.56. The molecule has 1 saturated carbocycles. The van der Waals surface area contributed by atoms with E-state index >= 15 is 0 Å². The van der Waals surface area contributed by atoms with E-state index < -0.39 is 6.10 Å². The summed E-state index contributed by atoms with van der Waals surface area (Å²) >= 11 is 12.4. The van der Waals surface area contributed by atoms with Gasteiger partial charge in [-0.3, -0.25) is 4.84 Å². The minimum absolute atomic E-state index is 0.0684. The van der Waals surface area contributed by atoms with Crippen molar-refractivity contribution in [3.63, 3.8) is 0 Å². The number of carbonyl (C=O) groups is 1. The lowest BCUT2D eigenvalue weighted by Crippen LogP contribution is -2.35. The predicted octanol–water partition coefficient (Wildman–Crippen LogP) is 5.30. The molecule has 10 nitrogen and oxygen atoms in total. The molecule has 0 bridgehead atoms. The zero-order chi connectivity index (χ0) is 29.5. The second-order valence-corrected chi connectivity index (χ2v) is 10.9. The molecular formula is C30H33Cl2N3O7. The molecule has 42 heavy (non-hydrogen) atoms. The number of ether oxygens (including phenoxy) is 4. The number of hydroxylamine groups is 2. The van der Waals surface area contributed by atoms with Gasteiger partial charge in [0.25, 0.3) is 0 Å². The van der Waals surface area contributed by atoms with E-state index in [0.717, 1.165) is 24.2 Å². The van der Waals surface area contributed by atoms with Gasteiger partial charge in [0, 0.05) is 17.1 Å². The monoisotopic (exact) mass is 617 g/mol. The number of hydrogen-bond acceptors (Lipinski definition) is 8. The topological polar surface area (TPSA) is 111 Å². The smallest absolute Gasteiger partial charge is 0.319 e. The van der Waals surface area contributed by atoms with Crippen LogP contribution in [0.4, 0.5) is 10.5 Å². The molecule has 0 unspecified atom stereocenters. The van der Waals surface area contributed by atoms with Crippen molar-refractivity contribution < 1.29 is 33.7 Å². The molecule has 0 radical (unpaired) electrons. The third kappa shape index (κ3) is 8.80. The van der Waals surface area contributed by atoms with Gasteiger partial charge in [0.15, 0.2) is 0 Å². The highest BCUT2D eigenvalue weighted by atomic mass is 35.5. The second kappa shape index (κ2) is 14.2. The number of rotatable bonds is 13. The number of aliphatic hydroxyl groups excluding tert-OH is 1. The highest BCUT2D eigenvalue weighted by Crippen LogP contribution is 2.37. The van der Waals surface area contributed by atoms with E-state index in [0.29, 0.717) is 46.1 Å². The molecule has 224 valence electrons. The zero-order valence-electron chi connectivity index (χ0n) is 23.1. The minimum atomic E-state index is -0.897. The number of nitrogens with one attached hydrogen (secondary N) is 2. The number of aliphatic hydroxyl groups is 1. The molecule has 1 heterocycles. The Labute approximate surface area is 254 Å². The van der Waals surface area contributed by atoms with Crippen molar-refractivity contribution in [2.75, 3.05) is 38.7 Å². The van der Waals surface area contributed by atoms with Crippen molar-refractivity contribution in [1.29, 1.82) is 0 Å². The molecule has 2 atom stereocenters. The molecule has 3 aromatic rings. The molecular weight excluding hydrogens is 585 g/mol. The number of nitrogens with zero attached hydrogens (tertiary/aromatic N) is 1. The van der Waals surface area contributed by atoms with Crippen LogP contribution in [0.25, 0.3) is 0 Å². The zero-order valence-corrected chi connectivity index (χ0v) is 24.6. The van der Waals surface area contributed by atoms with Crippen LogP contribution in [0.15, 0.2) is 60.7 Å². The lowest BCUT2D eigenvalue weighted by molar-refractivity contribution is -0.131. The van der Waals surface area contributed by atoms with Crippen molar-refractivity contribution in [3.05, 3.63) is 76.3 Å². The fourth-order valence-electron chi connectivity index (χ4n) is 4.22. The number of anilines is 1. The lowest BCUT2D eigenvalue weighted by Gasteiger charge is -2.21. The first kappa shape index (κ1) is 30.1. The molecule has 2 amide bonds.